The fraction of sp³-hybridized carbons (Fsp3) is 0.583. The Balaban J connectivity index is 2.33. The monoisotopic (exact) mass is 206 g/mol. The summed E-state index contributed by atoms with van der Waals surface area (Å²) in [7, 11) is -1.33. The summed E-state index contributed by atoms with van der Waals surface area (Å²) in [5.74, 6) is 1.25. The normalized spacial score (nSPS) is 36.2. The maximum absolute atomic E-state index is 12.1. The Morgan fingerprint density at radius 1 is 1.21 bits per heavy atom. The SMILES string of the molecule is C[Si](C)(C)[C@@H]1C(=O)[C@@H]2C=CC=C[C@H]1C2. The van der Waals surface area contributed by atoms with Crippen molar-refractivity contribution in [3.63, 3.8) is 0 Å². The molecule has 14 heavy (non-hydrogen) atoms. The number of hydrogen-bond acceptors (Lipinski definition) is 1. The predicted molar refractivity (Wildman–Crippen MR) is 62.0 cm³/mol. The maximum atomic E-state index is 12.1. The van der Waals surface area contributed by atoms with Crippen molar-refractivity contribution in [2.45, 2.75) is 31.6 Å². The Hall–Kier alpha value is -0.633. The molecule has 0 amide bonds. The van der Waals surface area contributed by atoms with Crippen LogP contribution in [-0.2, 0) is 4.79 Å². The van der Waals surface area contributed by atoms with Gasteiger partial charge in [-0.25, -0.2) is 0 Å². The van der Waals surface area contributed by atoms with Crippen molar-refractivity contribution in [1.29, 1.82) is 0 Å². The summed E-state index contributed by atoms with van der Waals surface area (Å²) < 4.78 is 0. The first kappa shape index (κ1) is 9.90. The molecular formula is C12H18OSi. The van der Waals surface area contributed by atoms with Gasteiger partial charge in [0.2, 0.25) is 0 Å². The predicted octanol–water partition coefficient (Wildman–Crippen LogP) is 3.03. The highest BCUT2D eigenvalue weighted by Gasteiger charge is 2.46. The lowest BCUT2D eigenvalue weighted by atomic mass is 10.1. The number of rotatable bonds is 1. The number of fused-ring (bicyclic) bond motifs is 2. The fourth-order valence-electron chi connectivity index (χ4n) is 2.82. The number of Topliss-reactive ketones (excluding diaryl/α,β-unsaturated/α-hetero) is 1. The van der Waals surface area contributed by atoms with Crippen LogP contribution in [0.4, 0.5) is 0 Å². The van der Waals surface area contributed by atoms with Crippen LogP contribution >= 0.6 is 0 Å². The molecule has 3 atom stereocenters. The second kappa shape index (κ2) is 3.19. The molecule has 0 aliphatic heterocycles. The molecule has 1 fully saturated rings. The molecule has 2 aliphatic carbocycles. The largest absolute Gasteiger partial charge is 0.299 e. The Kier molecular flexibility index (Phi) is 2.26. The third-order valence-electron chi connectivity index (χ3n) is 3.37. The minimum Gasteiger partial charge on any atom is -0.299 e. The Morgan fingerprint density at radius 3 is 2.50 bits per heavy atom. The highest BCUT2D eigenvalue weighted by molar-refractivity contribution is 6.80. The first-order chi connectivity index (χ1) is 6.50. The lowest BCUT2D eigenvalue weighted by Crippen LogP contribution is -2.35. The van der Waals surface area contributed by atoms with E-state index in [0.717, 1.165) is 6.42 Å². The zero-order valence-electron chi connectivity index (χ0n) is 9.16. The molecule has 0 radical (unpaired) electrons. The Bertz CT molecular complexity index is 309. The van der Waals surface area contributed by atoms with Gasteiger partial charge in [0, 0.05) is 11.5 Å². The van der Waals surface area contributed by atoms with Gasteiger partial charge in [-0.3, -0.25) is 4.79 Å². The molecule has 0 aromatic carbocycles. The summed E-state index contributed by atoms with van der Waals surface area (Å²) in [5.41, 5.74) is 0.355. The van der Waals surface area contributed by atoms with Crippen LogP contribution in [0.15, 0.2) is 24.3 Å². The third kappa shape index (κ3) is 1.52. The fourth-order valence-corrected chi connectivity index (χ4v) is 5.42. The van der Waals surface area contributed by atoms with Gasteiger partial charge in [-0.2, -0.15) is 0 Å². The Labute approximate surface area is 86.9 Å². The first-order valence-electron chi connectivity index (χ1n) is 5.39. The number of ketones is 1. The summed E-state index contributed by atoms with van der Waals surface area (Å²) >= 11 is 0. The van der Waals surface area contributed by atoms with Crippen LogP contribution in [-0.4, -0.2) is 13.9 Å². The minimum atomic E-state index is -1.33. The molecule has 0 unspecified atom stereocenters. The highest BCUT2D eigenvalue weighted by atomic mass is 28.3. The molecule has 76 valence electrons. The van der Waals surface area contributed by atoms with Crippen molar-refractivity contribution < 1.29 is 4.79 Å². The van der Waals surface area contributed by atoms with Crippen molar-refractivity contribution in [2.75, 3.05) is 0 Å². The van der Waals surface area contributed by atoms with Gasteiger partial charge in [0.25, 0.3) is 0 Å². The van der Waals surface area contributed by atoms with E-state index in [1.165, 1.54) is 0 Å². The molecule has 0 saturated heterocycles. The van der Waals surface area contributed by atoms with Crippen molar-refractivity contribution in [3.8, 4) is 0 Å². The second-order valence-corrected chi connectivity index (χ2v) is 10.9. The van der Waals surface area contributed by atoms with E-state index in [4.69, 9.17) is 0 Å². The molecule has 1 saturated carbocycles. The summed E-state index contributed by atoms with van der Waals surface area (Å²) in [5, 5.41) is 0. The molecule has 2 rings (SSSR count). The number of carbonyl (C=O) groups excluding carboxylic acids is 1. The van der Waals surface area contributed by atoms with Crippen LogP contribution < -0.4 is 0 Å². The standard InChI is InChI=1S/C12H18OSi/c1-14(2,3)12-10-7-5-4-6-9(8-10)11(12)13/h4-7,9-10,12H,8H2,1-3H3/t9-,10+,12+/m1/s1. The molecule has 1 nitrogen and oxygen atoms in total. The molecule has 2 aliphatic rings. The zero-order chi connectivity index (χ0) is 10.3. The smallest absolute Gasteiger partial charge is 0.140 e. The highest BCUT2D eigenvalue weighted by Crippen LogP contribution is 2.45. The van der Waals surface area contributed by atoms with Crippen LogP contribution in [0.25, 0.3) is 0 Å². The lowest BCUT2D eigenvalue weighted by molar-refractivity contribution is -0.119. The van der Waals surface area contributed by atoms with E-state index < -0.39 is 8.07 Å². The van der Waals surface area contributed by atoms with E-state index in [1.54, 1.807) is 0 Å². The van der Waals surface area contributed by atoms with Crippen molar-refractivity contribution in [2.24, 2.45) is 11.8 Å². The van der Waals surface area contributed by atoms with Crippen LogP contribution in [0.2, 0.25) is 25.2 Å². The van der Waals surface area contributed by atoms with Gasteiger partial charge in [0.1, 0.15) is 5.78 Å². The van der Waals surface area contributed by atoms with Crippen LogP contribution in [0.5, 0.6) is 0 Å². The molecule has 0 aromatic rings. The van der Waals surface area contributed by atoms with Gasteiger partial charge in [-0.15, -0.1) is 0 Å². The summed E-state index contributed by atoms with van der Waals surface area (Å²) in [6.45, 7) is 6.93. The third-order valence-corrected chi connectivity index (χ3v) is 5.95. The van der Waals surface area contributed by atoms with E-state index in [9.17, 15) is 4.79 Å². The van der Waals surface area contributed by atoms with Gasteiger partial charge in [0.05, 0.1) is 8.07 Å². The topological polar surface area (TPSA) is 17.1 Å². The van der Waals surface area contributed by atoms with Gasteiger partial charge in [-0.05, 0) is 12.3 Å². The number of hydrogen-bond donors (Lipinski definition) is 0. The van der Waals surface area contributed by atoms with Gasteiger partial charge < -0.3 is 0 Å². The first-order valence-corrected chi connectivity index (χ1v) is 8.96. The molecule has 0 spiro atoms. The average Bonchev–Trinajstić information content (AvgIpc) is 2.28. The van der Waals surface area contributed by atoms with E-state index >= 15 is 0 Å². The van der Waals surface area contributed by atoms with Gasteiger partial charge in [0.15, 0.2) is 0 Å². The van der Waals surface area contributed by atoms with Crippen molar-refractivity contribution in [3.05, 3.63) is 24.3 Å². The molecule has 2 bridgehead atoms. The van der Waals surface area contributed by atoms with Gasteiger partial charge >= 0.3 is 0 Å². The van der Waals surface area contributed by atoms with Crippen molar-refractivity contribution >= 4 is 13.9 Å². The van der Waals surface area contributed by atoms with Crippen LogP contribution in [0.3, 0.4) is 0 Å². The molecular weight excluding hydrogens is 188 g/mol. The molecule has 2 heteroatoms. The van der Waals surface area contributed by atoms with Crippen molar-refractivity contribution in [1.82, 2.24) is 0 Å². The van der Waals surface area contributed by atoms with Gasteiger partial charge in [-0.1, -0.05) is 43.9 Å². The summed E-state index contributed by atoms with van der Waals surface area (Å²) in [4.78, 5) is 12.1. The summed E-state index contributed by atoms with van der Waals surface area (Å²) in [6, 6.07) is 0. The minimum absolute atomic E-state index is 0.215. The van der Waals surface area contributed by atoms with E-state index in [1.807, 2.05) is 6.08 Å². The number of allylic oxidation sites excluding steroid dienone is 4. The number of carbonyl (C=O) groups is 1. The zero-order valence-corrected chi connectivity index (χ0v) is 10.2. The van der Waals surface area contributed by atoms with E-state index in [-0.39, 0.29) is 5.92 Å². The second-order valence-electron chi connectivity index (χ2n) is 5.52. The Morgan fingerprint density at radius 2 is 1.86 bits per heavy atom. The van der Waals surface area contributed by atoms with E-state index in [0.29, 0.717) is 17.2 Å². The quantitative estimate of drug-likeness (QED) is 0.603. The molecule has 0 N–H and O–H groups in total. The maximum Gasteiger partial charge on any atom is 0.140 e. The van der Waals surface area contributed by atoms with Crippen LogP contribution in [0.1, 0.15) is 6.42 Å². The molecule has 0 heterocycles. The van der Waals surface area contributed by atoms with Crippen LogP contribution in [0, 0.1) is 11.8 Å². The molecule has 0 aromatic heterocycles. The average molecular weight is 206 g/mol. The summed E-state index contributed by atoms with van der Waals surface area (Å²) in [6.07, 6.45) is 9.53. The van der Waals surface area contributed by atoms with E-state index in [2.05, 4.69) is 37.9 Å². The lowest BCUT2D eigenvalue weighted by Gasteiger charge is -2.27.